The number of aliphatic carboxylic acids is 2. The maximum atomic E-state index is 12.9. The molecule has 11 N–H and O–H groups in total. The minimum Gasteiger partial charge on any atom is -0.481 e. The van der Waals surface area contributed by atoms with Crippen molar-refractivity contribution in [1.29, 1.82) is 0 Å². The summed E-state index contributed by atoms with van der Waals surface area (Å²) in [6.07, 6.45) is -2.12. The van der Waals surface area contributed by atoms with Gasteiger partial charge >= 0.3 is 11.9 Å². The van der Waals surface area contributed by atoms with Gasteiger partial charge in [-0.1, -0.05) is 30.3 Å². The molecule has 1 aromatic rings. The topological polar surface area (TPSA) is 274 Å². The molecule has 1 aromatic carbocycles. The molecular formula is C23H32N6O9. The van der Waals surface area contributed by atoms with E-state index in [1.807, 2.05) is 0 Å². The van der Waals surface area contributed by atoms with Crippen LogP contribution in [0.4, 0.5) is 0 Å². The molecule has 0 aliphatic heterocycles. The molecule has 15 nitrogen and oxygen atoms in total. The average molecular weight is 537 g/mol. The summed E-state index contributed by atoms with van der Waals surface area (Å²) in [5.41, 5.74) is 16.6. The number of benzene rings is 1. The lowest BCUT2D eigenvalue weighted by atomic mass is 10.0. The lowest BCUT2D eigenvalue weighted by Crippen LogP contribution is -2.58. The number of carboxylic acids is 2. The first-order valence-corrected chi connectivity index (χ1v) is 11.5. The normalized spacial score (nSPS) is 13.7. The highest BCUT2D eigenvalue weighted by Gasteiger charge is 2.31. The van der Waals surface area contributed by atoms with Gasteiger partial charge in [-0.05, 0) is 18.4 Å². The number of carboxylic acid groups (broad SMARTS) is 2. The first-order valence-electron chi connectivity index (χ1n) is 11.5. The van der Waals surface area contributed by atoms with Crippen LogP contribution in [0.25, 0.3) is 0 Å². The molecule has 0 bridgehead atoms. The summed E-state index contributed by atoms with van der Waals surface area (Å²) in [7, 11) is 0. The molecule has 0 radical (unpaired) electrons. The maximum absolute atomic E-state index is 12.9. The summed E-state index contributed by atoms with van der Waals surface area (Å²) in [6, 6.07) is 2.61. The van der Waals surface area contributed by atoms with E-state index in [1.165, 1.54) is 0 Å². The van der Waals surface area contributed by atoms with E-state index in [1.54, 1.807) is 30.3 Å². The van der Waals surface area contributed by atoms with Crippen LogP contribution < -0.4 is 33.2 Å². The summed E-state index contributed by atoms with van der Waals surface area (Å²) in [5.74, 6) is -7.30. The first kappa shape index (κ1) is 31.5. The number of hydrogen-bond donors (Lipinski definition) is 8. The molecule has 38 heavy (non-hydrogen) atoms. The first-order chi connectivity index (χ1) is 17.8. The highest BCUT2D eigenvalue weighted by atomic mass is 16.4. The summed E-state index contributed by atoms with van der Waals surface area (Å²) in [4.78, 5) is 83.4. The molecule has 1 rings (SSSR count). The van der Waals surface area contributed by atoms with E-state index in [4.69, 9.17) is 22.3 Å². The fourth-order valence-corrected chi connectivity index (χ4v) is 3.25. The Morgan fingerprint density at radius 3 is 1.79 bits per heavy atom. The molecule has 0 aliphatic carbocycles. The van der Waals surface area contributed by atoms with Gasteiger partial charge in [0.25, 0.3) is 0 Å². The Labute approximate surface area is 217 Å². The van der Waals surface area contributed by atoms with Gasteiger partial charge in [0.05, 0.1) is 12.5 Å². The zero-order valence-electron chi connectivity index (χ0n) is 20.4. The highest BCUT2D eigenvalue weighted by Crippen LogP contribution is 2.06. The van der Waals surface area contributed by atoms with Crippen molar-refractivity contribution in [3.05, 3.63) is 35.9 Å². The van der Waals surface area contributed by atoms with Crippen molar-refractivity contribution in [1.82, 2.24) is 16.0 Å². The monoisotopic (exact) mass is 536 g/mol. The smallest absolute Gasteiger partial charge is 0.326 e. The number of carbonyl (C=O) groups is 7. The minimum atomic E-state index is -1.62. The maximum Gasteiger partial charge on any atom is 0.326 e. The molecule has 4 unspecified atom stereocenters. The molecule has 0 saturated heterocycles. The Hall–Kier alpha value is -4.53. The van der Waals surface area contributed by atoms with Gasteiger partial charge in [0.1, 0.15) is 18.1 Å². The Bertz CT molecular complexity index is 1030. The molecule has 0 aliphatic rings. The second-order valence-electron chi connectivity index (χ2n) is 8.43. The van der Waals surface area contributed by atoms with Gasteiger partial charge in [0.15, 0.2) is 0 Å². The number of primary amides is 2. The summed E-state index contributed by atoms with van der Waals surface area (Å²) < 4.78 is 0. The van der Waals surface area contributed by atoms with Gasteiger partial charge in [-0.3, -0.25) is 28.8 Å². The molecule has 208 valence electrons. The lowest BCUT2D eigenvalue weighted by molar-refractivity contribution is -0.142. The van der Waals surface area contributed by atoms with E-state index < -0.39 is 78.5 Å². The molecule has 4 atom stereocenters. The van der Waals surface area contributed by atoms with E-state index in [0.29, 0.717) is 5.56 Å². The third kappa shape index (κ3) is 11.9. The van der Waals surface area contributed by atoms with E-state index >= 15 is 0 Å². The number of rotatable bonds is 17. The molecule has 0 heterocycles. The summed E-state index contributed by atoms with van der Waals surface area (Å²) in [5, 5.41) is 25.0. The van der Waals surface area contributed by atoms with Gasteiger partial charge in [0.2, 0.25) is 29.5 Å². The van der Waals surface area contributed by atoms with Crippen molar-refractivity contribution >= 4 is 41.5 Å². The van der Waals surface area contributed by atoms with Crippen LogP contribution in [0.15, 0.2) is 30.3 Å². The zero-order valence-corrected chi connectivity index (χ0v) is 20.4. The van der Waals surface area contributed by atoms with Crippen LogP contribution in [0, 0.1) is 0 Å². The number of nitrogens with one attached hydrogen (secondary N) is 3. The molecule has 0 saturated carbocycles. The lowest BCUT2D eigenvalue weighted by Gasteiger charge is -2.24. The molecular weight excluding hydrogens is 504 g/mol. The Morgan fingerprint density at radius 2 is 1.26 bits per heavy atom. The Morgan fingerprint density at radius 1 is 0.711 bits per heavy atom. The van der Waals surface area contributed by atoms with E-state index in [2.05, 4.69) is 16.0 Å². The quantitative estimate of drug-likeness (QED) is 0.100. The number of hydrogen-bond acceptors (Lipinski definition) is 8. The van der Waals surface area contributed by atoms with Gasteiger partial charge < -0.3 is 43.4 Å². The van der Waals surface area contributed by atoms with Gasteiger partial charge in [-0.15, -0.1) is 0 Å². The van der Waals surface area contributed by atoms with Gasteiger partial charge in [-0.2, -0.15) is 0 Å². The third-order valence-electron chi connectivity index (χ3n) is 5.25. The van der Waals surface area contributed by atoms with Crippen molar-refractivity contribution < 1.29 is 43.8 Å². The fourth-order valence-electron chi connectivity index (χ4n) is 3.25. The number of nitrogens with two attached hydrogens (primary N) is 3. The highest BCUT2D eigenvalue weighted by molar-refractivity contribution is 5.96. The minimum absolute atomic E-state index is 0.0926. The average Bonchev–Trinajstić information content (AvgIpc) is 2.83. The van der Waals surface area contributed by atoms with Crippen LogP contribution in [-0.4, -0.2) is 75.9 Å². The van der Waals surface area contributed by atoms with Crippen LogP contribution in [0.5, 0.6) is 0 Å². The molecule has 15 heteroatoms. The molecule has 0 spiro atoms. The van der Waals surface area contributed by atoms with Crippen LogP contribution in [-0.2, 0) is 40.0 Å². The van der Waals surface area contributed by atoms with Crippen LogP contribution >= 0.6 is 0 Å². The SMILES string of the molecule is NC(=O)CCC(NC(=O)C(N)CCC(=O)O)C(=O)NC(CC(N)=O)C(=O)NC(Cc1ccccc1)C(=O)O. The largest absolute Gasteiger partial charge is 0.481 e. The van der Waals surface area contributed by atoms with Crippen molar-refractivity contribution in [2.45, 2.75) is 62.7 Å². The second-order valence-corrected chi connectivity index (χ2v) is 8.43. The summed E-state index contributed by atoms with van der Waals surface area (Å²) >= 11 is 0. The van der Waals surface area contributed by atoms with Crippen LogP contribution in [0.3, 0.4) is 0 Å². The molecule has 5 amide bonds. The van der Waals surface area contributed by atoms with E-state index in [0.717, 1.165) is 0 Å². The van der Waals surface area contributed by atoms with Crippen LogP contribution in [0.1, 0.15) is 37.7 Å². The van der Waals surface area contributed by atoms with Crippen molar-refractivity contribution in [3.63, 3.8) is 0 Å². The zero-order chi connectivity index (χ0) is 28.8. The summed E-state index contributed by atoms with van der Waals surface area (Å²) in [6.45, 7) is 0. The van der Waals surface area contributed by atoms with Crippen molar-refractivity contribution in [3.8, 4) is 0 Å². The second kappa shape index (κ2) is 15.6. The Balaban J connectivity index is 3.02. The number of amides is 5. The van der Waals surface area contributed by atoms with E-state index in [-0.39, 0.29) is 25.7 Å². The molecule has 0 fully saturated rings. The van der Waals surface area contributed by atoms with Gasteiger partial charge in [0, 0.05) is 19.3 Å². The predicted molar refractivity (Wildman–Crippen MR) is 131 cm³/mol. The Kier molecular flexibility index (Phi) is 12.9. The van der Waals surface area contributed by atoms with Gasteiger partial charge in [-0.25, -0.2) is 4.79 Å². The predicted octanol–water partition coefficient (Wildman–Crippen LogP) is -2.90. The van der Waals surface area contributed by atoms with Crippen LogP contribution in [0.2, 0.25) is 0 Å². The standard InChI is InChI=1S/C23H32N6O9/c24-13(6-9-19(32)33)20(34)27-14(7-8-17(25)30)21(35)28-15(11-18(26)31)22(36)29-16(23(37)38)10-12-4-2-1-3-5-12/h1-5,13-16H,6-11,24H2,(H2,25,30)(H2,26,31)(H,27,34)(H,28,35)(H,29,36)(H,32,33)(H,37,38). The van der Waals surface area contributed by atoms with Crippen molar-refractivity contribution in [2.75, 3.05) is 0 Å². The van der Waals surface area contributed by atoms with Crippen molar-refractivity contribution in [2.24, 2.45) is 17.2 Å². The third-order valence-corrected chi connectivity index (χ3v) is 5.25. The van der Waals surface area contributed by atoms with E-state index in [9.17, 15) is 38.7 Å². The fraction of sp³-hybridized carbons (Fsp3) is 0.435. The number of carbonyl (C=O) groups excluding carboxylic acids is 5. The molecule has 0 aromatic heterocycles.